The van der Waals surface area contributed by atoms with Crippen molar-refractivity contribution in [3.05, 3.63) is 59.7 Å². The van der Waals surface area contributed by atoms with Crippen LogP contribution in [0.4, 0.5) is 0 Å². The molecule has 0 aliphatic rings. The summed E-state index contributed by atoms with van der Waals surface area (Å²) in [6.07, 6.45) is 0. The summed E-state index contributed by atoms with van der Waals surface area (Å²) >= 11 is 6.49. The standard InChI is InChI=1S/C16H20ClO3P/c1-4-18-21(17,19-15-9-5-7-13(2)11-15)20-16-10-6-8-14(3)12-16/h5-12,21H,4H2,1-3H3. The zero-order valence-corrected chi connectivity index (χ0v) is 14.2. The van der Waals surface area contributed by atoms with Crippen LogP contribution in [0.5, 0.6) is 11.5 Å². The van der Waals surface area contributed by atoms with Crippen molar-refractivity contribution in [2.45, 2.75) is 20.8 Å². The van der Waals surface area contributed by atoms with E-state index in [0.717, 1.165) is 11.1 Å². The Balaban J connectivity index is 2.19. The molecule has 0 radical (unpaired) electrons. The third-order valence-electron chi connectivity index (χ3n) is 2.78. The summed E-state index contributed by atoms with van der Waals surface area (Å²) in [7, 11) is -3.30. The number of benzene rings is 2. The van der Waals surface area contributed by atoms with E-state index in [1.807, 2.05) is 69.3 Å². The maximum atomic E-state index is 6.49. The molecule has 0 amide bonds. The maximum absolute atomic E-state index is 6.49. The van der Waals surface area contributed by atoms with Crippen LogP contribution in [0.3, 0.4) is 0 Å². The Morgan fingerprint density at radius 1 is 0.905 bits per heavy atom. The van der Waals surface area contributed by atoms with Crippen molar-refractivity contribution in [3.63, 3.8) is 0 Å². The van der Waals surface area contributed by atoms with Crippen molar-refractivity contribution >= 4 is 18.5 Å². The molecule has 2 aromatic carbocycles. The summed E-state index contributed by atoms with van der Waals surface area (Å²) in [5, 5.41) is 0. The van der Waals surface area contributed by atoms with Crippen LogP contribution in [-0.4, -0.2) is 6.61 Å². The van der Waals surface area contributed by atoms with Crippen LogP contribution < -0.4 is 9.05 Å². The number of hydrogen-bond donors (Lipinski definition) is 0. The van der Waals surface area contributed by atoms with E-state index in [1.54, 1.807) is 0 Å². The van der Waals surface area contributed by atoms with Gasteiger partial charge in [-0.1, -0.05) is 0 Å². The first-order valence-electron chi connectivity index (χ1n) is 6.85. The van der Waals surface area contributed by atoms with E-state index >= 15 is 0 Å². The molecular formula is C16H20ClO3P. The third-order valence-corrected chi connectivity index (χ3v) is 5.16. The second-order valence-electron chi connectivity index (χ2n) is 4.75. The van der Waals surface area contributed by atoms with Gasteiger partial charge in [-0.3, -0.25) is 0 Å². The van der Waals surface area contributed by atoms with Crippen molar-refractivity contribution in [2.75, 3.05) is 6.61 Å². The minimum absolute atomic E-state index is 0.424. The molecule has 3 nitrogen and oxygen atoms in total. The van der Waals surface area contributed by atoms with Crippen LogP contribution in [-0.2, 0) is 4.52 Å². The van der Waals surface area contributed by atoms with Crippen molar-refractivity contribution in [1.29, 1.82) is 0 Å². The Hall–Kier alpha value is -1.28. The Labute approximate surface area is 131 Å². The molecular weight excluding hydrogens is 307 g/mol. The molecule has 21 heavy (non-hydrogen) atoms. The second-order valence-corrected chi connectivity index (χ2v) is 7.80. The molecule has 0 N–H and O–H groups in total. The average molecular weight is 327 g/mol. The first-order valence-corrected chi connectivity index (χ1v) is 9.58. The van der Waals surface area contributed by atoms with Gasteiger partial charge in [0.1, 0.15) is 0 Å². The first kappa shape index (κ1) is 16.1. The molecule has 0 fully saturated rings. The molecule has 0 saturated heterocycles. The van der Waals surface area contributed by atoms with E-state index in [4.69, 9.17) is 24.8 Å². The van der Waals surface area contributed by atoms with Gasteiger partial charge in [-0.05, 0) is 0 Å². The quantitative estimate of drug-likeness (QED) is 0.661. The fraction of sp³-hybridized carbons (Fsp3) is 0.250. The number of halogens is 1. The molecule has 114 valence electrons. The summed E-state index contributed by atoms with van der Waals surface area (Å²) in [5.74, 6) is 1.30. The molecule has 0 bridgehead atoms. The van der Waals surface area contributed by atoms with Crippen LogP contribution in [0.1, 0.15) is 18.1 Å². The van der Waals surface area contributed by atoms with Gasteiger partial charge in [-0.2, -0.15) is 0 Å². The van der Waals surface area contributed by atoms with Gasteiger partial charge in [0.15, 0.2) is 0 Å². The zero-order chi connectivity index (χ0) is 15.3. The number of rotatable bonds is 6. The van der Waals surface area contributed by atoms with Crippen LogP contribution >= 0.6 is 18.5 Å². The van der Waals surface area contributed by atoms with E-state index < -0.39 is 7.30 Å². The molecule has 0 aliphatic heterocycles. The monoisotopic (exact) mass is 326 g/mol. The third kappa shape index (κ3) is 4.89. The predicted molar refractivity (Wildman–Crippen MR) is 89.4 cm³/mol. The summed E-state index contributed by atoms with van der Waals surface area (Å²) in [5.41, 5.74) is 2.18. The molecule has 0 aliphatic carbocycles. The molecule has 0 saturated carbocycles. The topological polar surface area (TPSA) is 27.7 Å². The minimum atomic E-state index is -3.30. The number of hydrogen-bond acceptors (Lipinski definition) is 3. The second kappa shape index (κ2) is 7.13. The molecule has 0 atom stereocenters. The molecule has 0 heterocycles. The van der Waals surface area contributed by atoms with E-state index in [9.17, 15) is 0 Å². The van der Waals surface area contributed by atoms with Crippen molar-refractivity contribution in [2.24, 2.45) is 0 Å². The molecule has 2 aromatic rings. The summed E-state index contributed by atoms with van der Waals surface area (Å²) < 4.78 is 17.2. The SMILES string of the molecule is CCO[PH](Cl)(Oc1cccc(C)c1)Oc1cccc(C)c1. The van der Waals surface area contributed by atoms with Gasteiger partial charge >= 0.3 is 131 Å². The van der Waals surface area contributed by atoms with Crippen molar-refractivity contribution in [1.82, 2.24) is 0 Å². The molecule has 2 rings (SSSR count). The first-order chi connectivity index (χ1) is 10.0. The van der Waals surface area contributed by atoms with Crippen LogP contribution in [0.25, 0.3) is 0 Å². The van der Waals surface area contributed by atoms with Gasteiger partial charge in [-0.15, -0.1) is 0 Å². The van der Waals surface area contributed by atoms with Crippen LogP contribution in [0.15, 0.2) is 48.5 Å². The van der Waals surface area contributed by atoms with Gasteiger partial charge < -0.3 is 0 Å². The summed E-state index contributed by atoms with van der Waals surface area (Å²) in [6, 6.07) is 15.3. The summed E-state index contributed by atoms with van der Waals surface area (Å²) in [4.78, 5) is 0. The molecule has 5 heteroatoms. The molecule has 0 unspecified atom stereocenters. The van der Waals surface area contributed by atoms with Crippen LogP contribution in [0.2, 0.25) is 0 Å². The molecule has 0 aromatic heterocycles. The van der Waals surface area contributed by atoms with E-state index in [1.165, 1.54) is 0 Å². The van der Waals surface area contributed by atoms with Gasteiger partial charge in [0.05, 0.1) is 0 Å². The normalized spacial score (nSPS) is 12.0. The number of aryl methyl sites for hydroxylation is 2. The predicted octanol–water partition coefficient (Wildman–Crippen LogP) is 5.45. The Morgan fingerprint density at radius 3 is 1.76 bits per heavy atom. The Kier molecular flexibility index (Phi) is 5.46. The summed E-state index contributed by atoms with van der Waals surface area (Å²) in [6.45, 7) is 6.27. The van der Waals surface area contributed by atoms with Crippen molar-refractivity contribution < 1.29 is 13.6 Å². The van der Waals surface area contributed by atoms with E-state index in [-0.39, 0.29) is 0 Å². The van der Waals surface area contributed by atoms with Crippen molar-refractivity contribution in [3.8, 4) is 11.5 Å². The van der Waals surface area contributed by atoms with Gasteiger partial charge in [-0.25, -0.2) is 0 Å². The van der Waals surface area contributed by atoms with Crippen LogP contribution in [0, 0.1) is 13.8 Å². The zero-order valence-electron chi connectivity index (χ0n) is 12.4. The fourth-order valence-electron chi connectivity index (χ4n) is 1.89. The van der Waals surface area contributed by atoms with E-state index in [2.05, 4.69) is 0 Å². The Bertz CT molecular complexity index is 556. The van der Waals surface area contributed by atoms with Gasteiger partial charge in [0, 0.05) is 0 Å². The average Bonchev–Trinajstić information content (AvgIpc) is 2.38. The Morgan fingerprint density at radius 2 is 1.38 bits per heavy atom. The molecule has 0 spiro atoms. The van der Waals surface area contributed by atoms with E-state index in [0.29, 0.717) is 18.1 Å². The van der Waals surface area contributed by atoms with Gasteiger partial charge in [0.25, 0.3) is 0 Å². The fourth-order valence-corrected chi connectivity index (χ4v) is 4.07. The van der Waals surface area contributed by atoms with Gasteiger partial charge in [0.2, 0.25) is 0 Å².